The number of aromatic carboxylic acids is 1. The van der Waals surface area contributed by atoms with Crippen molar-refractivity contribution in [2.24, 2.45) is 0 Å². The quantitative estimate of drug-likeness (QED) is 0.252. The third-order valence-corrected chi connectivity index (χ3v) is 9.44. The van der Waals surface area contributed by atoms with E-state index in [1.165, 1.54) is 6.07 Å². The first kappa shape index (κ1) is 24.9. The van der Waals surface area contributed by atoms with Crippen LogP contribution in [0.3, 0.4) is 0 Å². The van der Waals surface area contributed by atoms with Gasteiger partial charge in [0.2, 0.25) is 0 Å². The molecule has 4 fully saturated rings. The van der Waals surface area contributed by atoms with Gasteiger partial charge in [-0.3, -0.25) is 9.97 Å². The zero-order chi connectivity index (χ0) is 26.8. The lowest BCUT2D eigenvalue weighted by atomic mass is 9.57. The van der Waals surface area contributed by atoms with Gasteiger partial charge in [0.25, 0.3) is 0 Å². The van der Waals surface area contributed by atoms with Crippen molar-refractivity contribution >= 4 is 40.2 Å². The molecule has 39 heavy (non-hydrogen) atoms. The standard InChI is InChI=1S/C29H26Cl2N4O4/c30-18-13-32-14-19(31)24(18)25-17(26(39-35-25)16-1-2-16)15-38-29-10-7-28(8-11-29,9-12-29)23-6-5-20-21(34-23)3-4-22(33-20)27(36)37/h3-6,13-14,16H,1-2,7-12,15H2,(H,36,37). The van der Waals surface area contributed by atoms with E-state index in [-0.39, 0.29) is 16.7 Å². The van der Waals surface area contributed by atoms with Crippen LogP contribution in [0.2, 0.25) is 10.0 Å². The number of hydrogen-bond acceptors (Lipinski definition) is 7. The molecule has 4 saturated carbocycles. The van der Waals surface area contributed by atoms with Crippen molar-refractivity contribution < 1.29 is 19.2 Å². The normalized spacial score (nSPS) is 24.4. The molecule has 0 saturated heterocycles. The first-order valence-corrected chi connectivity index (χ1v) is 14.1. The third-order valence-electron chi connectivity index (χ3n) is 8.86. The number of hydrogen-bond donors (Lipinski definition) is 1. The first-order valence-electron chi connectivity index (χ1n) is 13.3. The Hall–Kier alpha value is -3.07. The van der Waals surface area contributed by atoms with Crippen molar-refractivity contribution in [2.75, 3.05) is 0 Å². The minimum absolute atomic E-state index is 0.00435. The molecule has 0 aromatic carbocycles. The van der Waals surface area contributed by atoms with E-state index in [2.05, 4.69) is 15.1 Å². The maximum absolute atomic E-state index is 11.3. The van der Waals surface area contributed by atoms with Gasteiger partial charge in [0.1, 0.15) is 17.1 Å². The van der Waals surface area contributed by atoms with Crippen molar-refractivity contribution in [1.29, 1.82) is 0 Å². The van der Waals surface area contributed by atoms with E-state index in [9.17, 15) is 9.90 Å². The SMILES string of the molecule is O=C(O)c1ccc2nc(C34CCC(OCc5c(-c6c(Cl)cncc6Cl)noc5C5CC5)(CC3)CC4)ccc2n1. The van der Waals surface area contributed by atoms with E-state index in [0.717, 1.165) is 73.9 Å². The second kappa shape index (κ2) is 9.25. The summed E-state index contributed by atoms with van der Waals surface area (Å²) in [5, 5.41) is 14.5. The molecule has 0 unspecified atom stereocenters. The zero-order valence-corrected chi connectivity index (χ0v) is 22.6. The molecule has 10 heteroatoms. The number of rotatable bonds is 7. The predicted octanol–water partition coefficient (Wildman–Crippen LogP) is 7.12. The first-order chi connectivity index (χ1) is 18.9. The molecule has 1 N–H and O–H groups in total. The summed E-state index contributed by atoms with van der Waals surface area (Å²) in [5.74, 6) is 0.212. The summed E-state index contributed by atoms with van der Waals surface area (Å²) in [7, 11) is 0. The number of carboxylic acids is 1. The largest absolute Gasteiger partial charge is 0.477 e. The van der Waals surface area contributed by atoms with Crippen LogP contribution in [0.1, 0.15) is 84.8 Å². The predicted molar refractivity (Wildman–Crippen MR) is 145 cm³/mol. The molecule has 0 aliphatic heterocycles. The molecule has 8 nitrogen and oxygen atoms in total. The molecule has 0 atom stereocenters. The maximum atomic E-state index is 11.3. The molecule has 200 valence electrons. The van der Waals surface area contributed by atoms with Gasteiger partial charge in [-0.15, -0.1) is 0 Å². The van der Waals surface area contributed by atoms with Crippen molar-refractivity contribution in [2.45, 2.75) is 74.9 Å². The van der Waals surface area contributed by atoms with Crippen LogP contribution in [0.15, 0.2) is 41.2 Å². The molecule has 4 aliphatic rings. The summed E-state index contributed by atoms with van der Waals surface area (Å²) in [6, 6.07) is 7.18. The Labute approximate surface area is 234 Å². The molecular weight excluding hydrogens is 539 g/mol. The highest BCUT2D eigenvalue weighted by molar-refractivity contribution is 6.38. The van der Waals surface area contributed by atoms with Gasteiger partial charge in [-0.2, -0.15) is 0 Å². The molecule has 4 aliphatic carbocycles. The summed E-state index contributed by atoms with van der Waals surface area (Å²) in [4.78, 5) is 24.5. The fourth-order valence-corrected chi connectivity index (χ4v) is 6.91. The topological polar surface area (TPSA) is 111 Å². The summed E-state index contributed by atoms with van der Waals surface area (Å²) >= 11 is 13.0. The lowest BCUT2D eigenvalue weighted by Gasteiger charge is -2.52. The molecule has 4 aromatic rings. The van der Waals surface area contributed by atoms with Crippen LogP contribution < -0.4 is 0 Å². The summed E-state index contributed by atoms with van der Waals surface area (Å²) < 4.78 is 12.6. The Kier molecular flexibility index (Phi) is 5.91. The van der Waals surface area contributed by atoms with Crippen LogP contribution in [0.5, 0.6) is 0 Å². The highest BCUT2D eigenvalue weighted by Gasteiger charge is 2.51. The van der Waals surface area contributed by atoms with Crippen LogP contribution in [0.4, 0.5) is 0 Å². The number of carboxylic acid groups (broad SMARTS) is 1. The van der Waals surface area contributed by atoms with Crippen molar-refractivity contribution in [3.63, 3.8) is 0 Å². The van der Waals surface area contributed by atoms with Crippen LogP contribution in [0.25, 0.3) is 22.3 Å². The van der Waals surface area contributed by atoms with E-state index < -0.39 is 5.97 Å². The van der Waals surface area contributed by atoms with Crippen molar-refractivity contribution in [3.8, 4) is 11.3 Å². The molecule has 0 spiro atoms. The van der Waals surface area contributed by atoms with Gasteiger partial charge in [0, 0.05) is 40.5 Å². The van der Waals surface area contributed by atoms with Crippen LogP contribution in [-0.2, 0) is 16.8 Å². The minimum atomic E-state index is -1.04. The lowest BCUT2D eigenvalue weighted by molar-refractivity contribution is -0.127. The van der Waals surface area contributed by atoms with E-state index >= 15 is 0 Å². The van der Waals surface area contributed by atoms with Gasteiger partial charge in [-0.1, -0.05) is 28.4 Å². The van der Waals surface area contributed by atoms with Gasteiger partial charge < -0.3 is 14.4 Å². The number of ether oxygens (including phenoxy) is 1. The Morgan fingerprint density at radius 3 is 2.31 bits per heavy atom. The highest BCUT2D eigenvalue weighted by atomic mass is 35.5. The molecule has 4 heterocycles. The molecule has 2 bridgehead atoms. The Bertz CT molecular complexity index is 1570. The van der Waals surface area contributed by atoms with Crippen LogP contribution in [-0.4, -0.2) is 36.8 Å². The summed E-state index contributed by atoms with van der Waals surface area (Å²) in [5.41, 5.74) is 4.45. The van der Waals surface area contributed by atoms with Gasteiger partial charge in [0.05, 0.1) is 33.3 Å². The average Bonchev–Trinajstić information content (AvgIpc) is 3.72. The molecule has 0 radical (unpaired) electrons. The fraction of sp³-hybridized carbons (Fsp3) is 0.414. The van der Waals surface area contributed by atoms with Gasteiger partial charge in [0.15, 0.2) is 0 Å². The van der Waals surface area contributed by atoms with E-state index in [1.54, 1.807) is 18.5 Å². The number of nitrogens with zero attached hydrogens (tertiary/aromatic N) is 4. The number of fused-ring (bicyclic) bond motifs is 4. The third kappa shape index (κ3) is 4.29. The van der Waals surface area contributed by atoms with Gasteiger partial charge in [-0.25, -0.2) is 9.78 Å². The van der Waals surface area contributed by atoms with E-state index in [1.807, 2.05) is 12.1 Å². The lowest BCUT2D eigenvalue weighted by Crippen LogP contribution is -2.50. The van der Waals surface area contributed by atoms with Gasteiger partial charge in [-0.05, 0) is 75.6 Å². The molecule has 0 amide bonds. The number of pyridine rings is 3. The minimum Gasteiger partial charge on any atom is -0.477 e. The van der Waals surface area contributed by atoms with Crippen LogP contribution >= 0.6 is 23.2 Å². The van der Waals surface area contributed by atoms with Crippen molar-refractivity contribution in [1.82, 2.24) is 20.1 Å². The second-order valence-electron chi connectivity index (χ2n) is 11.1. The average molecular weight is 565 g/mol. The Balaban J connectivity index is 1.11. The summed E-state index contributed by atoms with van der Waals surface area (Å²) in [6.45, 7) is 0.401. The van der Waals surface area contributed by atoms with E-state index in [4.69, 9.17) is 37.4 Å². The monoisotopic (exact) mass is 564 g/mol. The summed E-state index contributed by atoms with van der Waals surface area (Å²) in [6.07, 6.45) is 11.1. The van der Waals surface area contributed by atoms with Crippen molar-refractivity contribution in [3.05, 3.63) is 69.4 Å². The number of aromatic nitrogens is 4. The van der Waals surface area contributed by atoms with Gasteiger partial charge >= 0.3 is 5.97 Å². The smallest absolute Gasteiger partial charge is 0.354 e. The van der Waals surface area contributed by atoms with E-state index in [0.29, 0.717) is 39.3 Å². The highest BCUT2D eigenvalue weighted by Crippen LogP contribution is 2.55. The molecule has 8 rings (SSSR count). The number of halogens is 2. The molecular formula is C29H26Cl2N4O4. The Morgan fingerprint density at radius 2 is 1.64 bits per heavy atom. The molecule has 4 aromatic heterocycles. The maximum Gasteiger partial charge on any atom is 0.354 e. The number of carbonyl (C=O) groups is 1. The van der Waals surface area contributed by atoms with Crippen LogP contribution in [0, 0.1) is 0 Å². The Morgan fingerprint density at radius 1 is 0.974 bits per heavy atom. The fourth-order valence-electron chi connectivity index (χ4n) is 6.36. The zero-order valence-electron chi connectivity index (χ0n) is 21.1. The second-order valence-corrected chi connectivity index (χ2v) is 11.9.